The molecule has 24 heavy (non-hydrogen) atoms. The third-order valence-electron chi connectivity index (χ3n) is 4.25. The molecule has 1 amide bonds. The predicted octanol–water partition coefficient (Wildman–Crippen LogP) is 3.31. The zero-order valence-corrected chi connectivity index (χ0v) is 13.6. The lowest BCUT2D eigenvalue weighted by atomic mass is 9.95. The molecule has 0 unspecified atom stereocenters. The van der Waals surface area contributed by atoms with E-state index in [9.17, 15) is 14.7 Å². The van der Waals surface area contributed by atoms with Crippen LogP contribution in [0.1, 0.15) is 44.0 Å². The highest BCUT2D eigenvalue weighted by atomic mass is 32.1. The Balaban J connectivity index is 1.64. The van der Waals surface area contributed by atoms with Crippen LogP contribution in [0.2, 0.25) is 0 Å². The van der Waals surface area contributed by atoms with Crippen LogP contribution in [0.4, 0.5) is 5.00 Å². The van der Waals surface area contributed by atoms with Gasteiger partial charge in [0.2, 0.25) is 6.79 Å². The van der Waals surface area contributed by atoms with Crippen molar-refractivity contribution in [3.8, 4) is 11.5 Å². The van der Waals surface area contributed by atoms with Crippen LogP contribution in [-0.2, 0) is 12.8 Å². The summed E-state index contributed by atoms with van der Waals surface area (Å²) in [6, 6.07) is 4.91. The quantitative estimate of drug-likeness (QED) is 0.891. The molecule has 0 radical (unpaired) electrons. The van der Waals surface area contributed by atoms with Gasteiger partial charge in [-0.3, -0.25) is 4.79 Å². The maximum atomic E-state index is 12.5. The number of benzene rings is 1. The lowest BCUT2D eigenvalue weighted by Gasteiger charge is -2.10. The maximum Gasteiger partial charge on any atom is 0.339 e. The number of fused-ring (bicyclic) bond motifs is 2. The minimum absolute atomic E-state index is 0.140. The smallest absolute Gasteiger partial charge is 0.339 e. The monoisotopic (exact) mass is 345 g/mol. The van der Waals surface area contributed by atoms with Gasteiger partial charge in [-0.15, -0.1) is 11.3 Å². The van der Waals surface area contributed by atoms with Gasteiger partial charge < -0.3 is 19.9 Å². The lowest BCUT2D eigenvalue weighted by Crippen LogP contribution is -2.14. The summed E-state index contributed by atoms with van der Waals surface area (Å²) < 4.78 is 10.5. The van der Waals surface area contributed by atoms with Gasteiger partial charge in [0.1, 0.15) is 5.00 Å². The van der Waals surface area contributed by atoms with Gasteiger partial charge in [0.05, 0.1) is 5.56 Å². The SMILES string of the molecule is O=C(Nc1sc2c(c1C(=O)O)CCCC2)c1ccc2c(c1)OCO2. The molecular weight excluding hydrogens is 330 g/mol. The molecule has 0 saturated carbocycles. The van der Waals surface area contributed by atoms with Gasteiger partial charge in [0.15, 0.2) is 11.5 Å². The van der Waals surface area contributed by atoms with Crippen LogP contribution in [0.5, 0.6) is 11.5 Å². The van der Waals surface area contributed by atoms with Gasteiger partial charge in [-0.1, -0.05) is 0 Å². The van der Waals surface area contributed by atoms with Crippen LogP contribution in [0, 0.1) is 0 Å². The molecule has 7 heteroatoms. The Morgan fingerprint density at radius 1 is 1.12 bits per heavy atom. The minimum atomic E-state index is -0.990. The highest BCUT2D eigenvalue weighted by molar-refractivity contribution is 7.17. The number of ether oxygens (including phenoxy) is 2. The number of anilines is 1. The number of aromatic carboxylic acids is 1. The van der Waals surface area contributed by atoms with Crippen LogP contribution < -0.4 is 14.8 Å². The number of carboxylic acid groups (broad SMARTS) is 1. The summed E-state index contributed by atoms with van der Waals surface area (Å²) in [7, 11) is 0. The molecule has 0 fully saturated rings. The average molecular weight is 345 g/mol. The molecule has 1 aromatic heterocycles. The number of aryl methyl sites for hydroxylation is 1. The van der Waals surface area contributed by atoms with Crippen molar-refractivity contribution in [2.24, 2.45) is 0 Å². The van der Waals surface area contributed by atoms with Crippen LogP contribution in [0.3, 0.4) is 0 Å². The van der Waals surface area contributed by atoms with E-state index in [0.717, 1.165) is 36.1 Å². The van der Waals surface area contributed by atoms with E-state index in [4.69, 9.17) is 9.47 Å². The van der Waals surface area contributed by atoms with Gasteiger partial charge >= 0.3 is 5.97 Å². The number of nitrogens with one attached hydrogen (secondary N) is 1. The van der Waals surface area contributed by atoms with Gasteiger partial charge in [-0.05, 0) is 49.4 Å². The van der Waals surface area contributed by atoms with E-state index in [-0.39, 0.29) is 18.3 Å². The molecular formula is C17H15NO5S. The Hall–Kier alpha value is -2.54. The number of rotatable bonds is 3. The third kappa shape index (κ3) is 2.50. The van der Waals surface area contributed by atoms with Gasteiger partial charge in [0, 0.05) is 10.4 Å². The van der Waals surface area contributed by atoms with E-state index < -0.39 is 5.97 Å². The molecule has 6 nitrogen and oxygen atoms in total. The van der Waals surface area contributed by atoms with Crippen LogP contribution in [0.25, 0.3) is 0 Å². The number of thiophene rings is 1. The lowest BCUT2D eigenvalue weighted by molar-refractivity contribution is 0.0697. The average Bonchev–Trinajstić information content (AvgIpc) is 3.17. The number of carbonyl (C=O) groups is 2. The number of hydrogen-bond donors (Lipinski definition) is 2. The number of carboxylic acids is 1. The number of hydrogen-bond acceptors (Lipinski definition) is 5. The Bertz CT molecular complexity index is 842. The molecule has 0 bridgehead atoms. The third-order valence-corrected chi connectivity index (χ3v) is 5.45. The van der Waals surface area contributed by atoms with Crippen molar-refractivity contribution in [2.45, 2.75) is 25.7 Å². The molecule has 2 aromatic rings. The summed E-state index contributed by atoms with van der Waals surface area (Å²) in [6.45, 7) is 0.140. The molecule has 2 N–H and O–H groups in total. The minimum Gasteiger partial charge on any atom is -0.478 e. The van der Waals surface area contributed by atoms with Gasteiger partial charge in [-0.2, -0.15) is 0 Å². The van der Waals surface area contributed by atoms with Crippen molar-refractivity contribution >= 4 is 28.2 Å². The van der Waals surface area contributed by atoms with Crippen LogP contribution in [-0.4, -0.2) is 23.8 Å². The Morgan fingerprint density at radius 2 is 1.92 bits per heavy atom. The second-order valence-corrected chi connectivity index (χ2v) is 6.85. The van der Waals surface area contributed by atoms with Crippen molar-refractivity contribution in [3.05, 3.63) is 39.8 Å². The largest absolute Gasteiger partial charge is 0.478 e. The molecule has 2 aliphatic rings. The van der Waals surface area contributed by atoms with Crippen LogP contribution in [0.15, 0.2) is 18.2 Å². The van der Waals surface area contributed by atoms with E-state index in [1.165, 1.54) is 11.3 Å². The van der Waals surface area contributed by atoms with E-state index >= 15 is 0 Å². The summed E-state index contributed by atoms with van der Waals surface area (Å²) in [6.07, 6.45) is 3.68. The fourth-order valence-corrected chi connectivity index (χ4v) is 4.37. The molecule has 4 rings (SSSR count). The molecule has 0 saturated heterocycles. The van der Waals surface area contributed by atoms with E-state index in [1.807, 2.05) is 0 Å². The number of carbonyl (C=O) groups excluding carboxylic acids is 1. The van der Waals surface area contributed by atoms with Crippen molar-refractivity contribution in [1.82, 2.24) is 0 Å². The molecule has 1 aliphatic carbocycles. The fraction of sp³-hybridized carbons (Fsp3) is 0.294. The summed E-state index contributed by atoms with van der Waals surface area (Å²) in [5.41, 5.74) is 1.52. The highest BCUT2D eigenvalue weighted by Crippen LogP contribution is 2.39. The molecule has 124 valence electrons. The van der Waals surface area contributed by atoms with Crippen molar-refractivity contribution in [3.63, 3.8) is 0 Å². The zero-order valence-electron chi connectivity index (χ0n) is 12.8. The van der Waals surface area contributed by atoms with Gasteiger partial charge in [0.25, 0.3) is 5.91 Å². The first kappa shape index (κ1) is 15.0. The second kappa shape index (κ2) is 5.83. The first-order valence-corrected chi connectivity index (χ1v) is 8.54. The van der Waals surface area contributed by atoms with Gasteiger partial charge in [-0.25, -0.2) is 4.79 Å². The van der Waals surface area contributed by atoms with E-state index in [0.29, 0.717) is 22.1 Å². The fourth-order valence-electron chi connectivity index (χ4n) is 3.09. The maximum absolute atomic E-state index is 12.5. The summed E-state index contributed by atoms with van der Waals surface area (Å²) >= 11 is 1.37. The molecule has 2 heterocycles. The molecule has 0 atom stereocenters. The normalized spacial score (nSPS) is 15.0. The first-order chi connectivity index (χ1) is 11.6. The van der Waals surface area contributed by atoms with Crippen LogP contribution >= 0.6 is 11.3 Å². The topological polar surface area (TPSA) is 84.9 Å². The summed E-state index contributed by atoms with van der Waals surface area (Å²) in [4.78, 5) is 25.2. The molecule has 1 aliphatic heterocycles. The van der Waals surface area contributed by atoms with Crippen molar-refractivity contribution in [2.75, 3.05) is 12.1 Å². The zero-order chi connectivity index (χ0) is 16.7. The van der Waals surface area contributed by atoms with E-state index in [1.54, 1.807) is 18.2 Å². The summed E-state index contributed by atoms with van der Waals surface area (Å²) in [5.74, 6) is -0.222. The first-order valence-electron chi connectivity index (χ1n) is 7.72. The Kier molecular flexibility index (Phi) is 3.65. The highest BCUT2D eigenvalue weighted by Gasteiger charge is 2.26. The Labute approximate surface area is 142 Å². The van der Waals surface area contributed by atoms with Crippen molar-refractivity contribution < 1.29 is 24.2 Å². The van der Waals surface area contributed by atoms with Crippen molar-refractivity contribution in [1.29, 1.82) is 0 Å². The summed E-state index contributed by atoms with van der Waals surface area (Å²) in [5, 5.41) is 12.7. The second-order valence-electron chi connectivity index (χ2n) is 5.74. The Morgan fingerprint density at radius 3 is 2.75 bits per heavy atom. The van der Waals surface area contributed by atoms with E-state index in [2.05, 4.69) is 5.32 Å². The molecule has 1 aromatic carbocycles. The predicted molar refractivity (Wildman–Crippen MR) is 88.4 cm³/mol. The number of amides is 1. The molecule has 0 spiro atoms. The standard InChI is InChI=1S/C17H15NO5S/c19-15(9-5-6-11-12(7-9)23-8-22-11)18-16-14(17(20)21)10-3-1-2-4-13(10)24-16/h5-7H,1-4,8H2,(H,18,19)(H,20,21).